The minimum Gasteiger partial charge on any atom is -1.00 e. The number of halogens is 2. The number of hydrogen-bond acceptors (Lipinski definition) is 0. The monoisotopic (exact) mass is 786 g/mol. The Labute approximate surface area is 297 Å². The maximum absolute atomic E-state index is 3.38. The fraction of sp³-hybridized carbons (Fsp3) is 0.220. The van der Waals surface area contributed by atoms with E-state index in [9.17, 15) is 0 Å². The molecule has 0 aliphatic carbocycles. The summed E-state index contributed by atoms with van der Waals surface area (Å²) in [6, 6.07) is 40.2. The van der Waals surface area contributed by atoms with Gasteiger partial charge in [0.25, 0.3) is 0 Å². The first-order valence-electron chi connectivity index (χ1n) is 15.1. The normalized spacial score (nSPS) is 9.95. The van der Waals surface area contributed by atoms with Crippen LogP contribution < -0.4 is 24.8 Å². The van der Waals surface area contributed by atoms with E-state index in [-0.39, 0.29) is 50.7 Å². The van der Waals surface area contributed by atoms with E-state index < -0.39 is 0 Å². The maximum atomic E-state index is 3.38. The van der Waals surface area contributed by atoms with E-state index in [0.29, 0.717) is 0 Å². The van der Waals surface area contributed by atoms with Crippen LogP contribution in [0.25, 0.3) is 43.8 Å². The first-order valence-corrected chi connectivity index (χ1v) is 15.1. The van der Waals surface area contributed by atoms with Crippen LogP contribution in [0.5, 0.6) is 0 Å². The van der Waals surface area contributed by atoms with Crippen LogP contribution in [0, 0.1) is 27.7 Å². The molecule has 0 aliphatic rings. The summed E-state index contributed by atoms with van der Waals surface area (Å²) in [5.74, 6) is 0. The van der Waals surface area contributed by atoms with E-state index in [1.54, 1.807) is 0 Å². The fourth-order valence-electron chi connectivity index (χ4n) is 5.55. The van der Waals surface area contributed by atoms with Crippen molar-refractivity contribution in [1.29, 1.82) is 0 Å². The second-order valence-corrected chi connectivity index (χ2v) is 10.9. The minimum absolute atomic E-state index is 0. The van der Waals surface area contributed by atoms with Gasteiger partial charge in [0.1, 0.15) is 0 Å². The van der Waals surface area contributed by atoms with Crippen molar-refractivity contribution >= 4 is 21.5 Å². The van der Waals surface area contributed by atoms with E-state index in [1.165, 1.54) is 91.7 Å². The molecule has 232 valence electrons. The standard InChI is InChI=1S/2C19H19.C3H6.2ClH.Hf/c2*1-3-5-15-8-10-16(11-9-15)18-7-4-6-17-12-14(2)13-19(17)18;1-3-2;;;/h2*4,6-13H,3,5H2,1-2H3;1-3H2;2*1H;/q2*-1;-2;;;/p-2. The summed E-state index contributed by atoms with van der Waals surface area (Å²) in [4.78, 5) is 0. The van der Waals surface area contributed by atoms with Gasteiger partial charge in [0.15, 0.2) is 0 Å². The van der Waals surface area contributed by atoms with E-state index in [4.69, 9.17) is 0 Å². The molecule has 6 rings (SSSR count). The Morgan fingerprint density at radius 3 is 1.20 bits per heavy atom. The SMILES string of the molecule is CCCc1ccc(-c2cccc3[cH-]c(C)cc23)cc1.CCCc1ccc(-c2cccc3[cH-]c(C)cc23)cc1.[CH2-]C[CH2-].[Cl-].[Cl-].[Hf]. The van der Waals surface area contributed by atoms with E-state index >= 15 is 0 Å². The zero-order valence-electron chi connectivity index (χ0n) is 26.6. The fourth-order valence-corrected chi connectivity index (χ4v) is 5.55. The maximum Gasteiger partial charge on any atom is 0 e. The molecule has 0 amide bonds. The van der Waals surface area contributed by atoms with Gasteiger partial charge in [-0.2, -0.15) is 12.1 Å². The summed E-state index contributed by atoms with van der Waals surface area (Å²) < 4.78 is 0. The smallest absolute Gasteiger partial charge is 0 e. The van der Waals surface area contributed by atoms with Crippen molar-refractivity contribution in [2.45, 2.75) is 59.8 Å². The van der Waals surface area contributed by atoms with E-state index in [1.807, 2.05) is 0 Å². The third-order valence-electron chi connectivity index (χ3n) is 7.40. The molecule has 6 aromatic rings. The first kappa shape index (κ1) is 39.6. The Bertz CT molecular complexity index is 1530. The molecule has 6 aromatic carbocycles. The Morgan fingerprint density at radius 2 is 0.886 bits per heavy atom. The molecule has 0 fully saturated rings. The molecule has 0 N–H and O–H groups in total. The topological polar surface area (TPSA) is 0 Å². The summed E-state index contributed by atoms with van der Waals surface area (Å²) in [6.45, 7) is 15.5. The van der Waals surface area contributed by atoms with Crippen molar-refractivity contribution in [2.75, 3.05) is 0 Å². The first-order chi connectivity index (χ1) is 20.0. The molecule has 0 heterocycles. The molecular weight excluding hydrogens is 742 g/mol. The Balaban J connectivity index is 0.000000380. The Hall–Kier alpha value is -2.45. The van der Waals surface area contributed by atoms with Gasteiger partial charge >= 0.3 is 0 Å². The predicted octanol–water partition coefficient (Wildman–Crippen LogP) is 6.02. The van der Waals surface area contributed by atoms with Crippen LogP contribution in [-0.2, 0) is 38.7 Å². The number of rotatable bonds is 6. The zero-order valence-corrected chi connectivity index (χ0v) is 31.7. The Kier molecular flexibility index (Phi) is 17.8. The van der Waals surface area contributed by atoms with Crippen molar-refractivity contribution in [1.82, 2.24) is 0 Å². The molecule has 0 atom stereocenters. The second kappa shape index (κ2) is 19.8. The van der Waals surface area contributed by atoms with Gasteiger partial charge in [0, 0.05) is 25.8 Å². The molecule has 0 saturated heterocycles. The molecule has 0 nitrogen and oxygen atoms in total. The third kappa shape index (κ3) is 10.3. The van der Waals surface area contributed by atoms with Crippen LogP contribution in [0.1, 0.15) is 55.4 Å². The molecule has 0 bridgehead atoms. The van der Waals surface area contributed by atoms with Gasteiger partial charge in [0.05, 0.1) is 0 Å². The van der Waals surface area contributed by atoms with E-state index in [0.717, 1.165) is 6.42 Å². The minimum atomic E-state index is 0. The quantitative estimate of drug-likeness (QED) is 0.143. The summed E-state index contributed by atoms with van der Waals surface area (Å²) in [5, 5.41) is 5.41. The van der Waals surface area contributed by atoms with Gasteiger partial charge in [-0.25, -0.2) is 0 Å². The van der Waals surface area contributed by atoms with Crippen LogP contribution in [0.4, 0.5) is 0 Å². The number of fused-ring (bicyclic) bond motifs is 2. The summed E-state index contributed by atoms with van der Waals surface area (Å²) in [7, 11) is 0. The number of hydrogen-bond donors (Lipinski definition) is 0. The Morgan fingerprint density at radius 1 is 0.545 bits per heavy atom. The van der Waals surface area contributed by atoms with Crippen LogP contribution in [0.15, 0.2) is 109 Å². The molecular formula is C41H44Cl2Hf-6. The summed E-state index contributed by atoms with van der Waals surface area (Å²) in [5.41, 5.74) is 10.8. The van der Waals surface area contributed by atoms with Gasteiger partial charge in [0.2, 0.25) is 0 Å². The van der Waals surface area contributed by atoms with Gasteiger partial charge in [-0.15, -0.1) is 69.1 Å². The molecule has 0 spiro atoms. The van der Waals surface area contributed by atoms with Gasteiger partial charge in [-0.05, 0) is 35.1 Å². The third-order valence-corrected chi connectivity index (χ3v) is 7.40. The second-order valence-electron chi connectivity index (χ2n) is 10.9. The van der Waals surface area contributed by atoms with Crippen LogP contribution >= 0.6 is 0 Å². The van der Waals surface area contributed by atoms with Crippen LogP contribution in [0.3, 0.4) is 0 Å². The van der Waals surface area contributed by atoms with Crippen molar-refractivity contribution in [3.63, 3.8) is 0 Å². The molecule has 0 radical (unpaired) electrons. The molecule has 0 aromatic heterocycles. The number of aryl methyl sites for hydroxylation is 4. The van der Waals surface area contributed by atoms with Crippen molar-refractivity contribution in [3.05, 3.63) is 145 Å². The molecule has 44 heavy (non-hydrogen) atoms. The van der Waals surface area contributed by atoms with Gasteiger partial charge in [-0.3, -0.25) is 0 Å². The molecule has 3 heteroatoms. The van der Waals surface area contributed by atoms with Gasteiger partial charge in [-0.1, -0.05) is 112 Å². The van der Waals surface area contributed by atoms with Crippen molar-refractivity contribution in [2.24, 2.45) is 0 Å². The van der Waals surface area contributed by atoms with Crippen molar-refractivity contribution < 1.29 is 50.7 Å². The van der Waals surface area contributed by atoms with Crippen molar-refractivity contribution in [3.8, 4) is 22.3 Å². The van der Waals surface area contributed by atoms with Gasteiger partial charge < -0.3 is 45.1 Å². The molecule has 0 saturated carbocycles. The number of benzene rings is 4. The molecule has 0 unspecified atom stereocenters. The molecule has 0 aliphatic heterocycles. The summed E-state index contributed by atoms with van der Waals surface area (Å²) in [6.07, 6.45) is 5.49. The average molecular weight is 786 g/mol. The van der Waals surface area contributed by atoms with E-state index in [2.05, 4.69) is 151 Å². The zero-order chi connectivity index (χ0) is 29.2. The largest absolute Gasteiger partial charge is 1.00 e. The van der Waals surface area contributed by atoms with Crippen LogP contribution in [-0.4, -0.2) is 0 Å². The average Bonchev–Trinajstić information content (AvgIpc) is 3.56. The summed E-state index contributed by atoms with van der Waals surface area (Å²) >= 11 is 0. The van der Waals surface area contributed by atoms with Crippen LogP contribution in [0.2, 0.25) is 0 Å². The predicted molar refractivity (Wildman–Crippen MR) is 183 cm³/mol.